The summed E-state index contributed by atoms with van der Waals surface area (Å²) >= 11 is 0. The van der Waals surface area contributed by atoms with Crippen LogP contribution in [0.3, 0.4) is 0 Å². The van der Waals surface area contributed by atoms with Crippen LogP contribution in [0.1, 0.15) is 39.0 Å². The number of likely N-dealkylation sites (tertiary alicyclic amines) is 1. The van der Waals surface area contributed by atoms with Gasteiger partial charge in [-0.25, -0.2) is 0 Å². The number of carbonyl (C=O) groups excluding carboxylic acids is 1. The van der Waals surface area contributed by atoms with Crippen molar-refractivity contribution in [2.75, 3.05) is 33.3 Å². The number of rotatable bonds is 5. The van der Waals surface area contributed by atoms with E-state index in [1.807, 2.05) is 6.92 Å². The summed E-state index contributed by atoms with van der Waals surface area (Å²) in [4.78, 5) is 14.6. The Labute approximate surface area is 110 Å². The van der Waals surface area contributed by atoms with Gasteiger partial charge in [-0.3, -0.25) is 4.79 Å². The predicted molar refractivity (Wildman–Crippen MR) is 71.4 cm³/mol. The molecule has 1 aliphatic carbocycles. The van der Waals surface area contributed by atoms with E-state index in [-0.39, 0.29) is 5.97 Å². The molecule has 1 saturated heterocycles. The van der Waals surface area contributed by atoms with Gasteiger partial charge in [0.1, 0.15) is 5.54 Å². The summed E-state index contributed by atoms with van der Waals surface area (Å²) in [6.45, 7) is 5.38. The van der Waals surface area contributed by atoms with Crippen LogP contribution in [0.2, 0.25) is 0 Å². The van der Waals surface area contributed by atoms with Crippen LogP contribution < -0.4 is 5.32 Å². The van der Waals surface area contributed by atoms with Crippen molar-refractivity contribution < 1.29 is 9.53 Å². The summed E-state index contributed by atoms with van der Waals surface area (Å²) in [5.74, 6) is 0.748. The molecule has 1 saturated carbocycles. The van der Waals surface area contributed by atoms with E-state index in [9.17, 15) is 4.79 Å². The second kappa shape index (κ2) is 6.02. The Morgan fingerprint density at radius 3 is 2.83 bits per heavy atom. The largest absolute Gasteiger partial charge is 0.465 e. The van der Waals surface area contributed by atoms with Crippen LogP contribution in [0.4, 0.5) is 0 Å². The van der Waals surface area contributed by atoms with Crippen molar-refractivity contribution in [1.29, 1.82) is 0 Å². The lowest BCUT2D eigenvalue weighted by molar-refractivity contribution is -0.152. The van der Waals surface area contributed by atoms with Crippen LogP contribution in [0.15, 0.2) is 0 Å². The number of hydrogen-bond donors (Lipinski definition) is 1. The average molecular weight is 254 g/mol. The minimum atomic E-state index is -0.427. The first-order chi connectivity index (χ1) is 8.66. The zero-order chi connectivity index (χ0) is 13.0. The number of nitrogens with zero attached hydrogens (tertiary/aromatic N) is 1. The van der Waals surface area contributed by atoms with Crippen LogP contribution in [-0.2, 0) is 9.53 Å². The molecule has 4 nitrogen and oxygen atoms in total. The maximum absolute atomic E-state index is 12.3. The summed E-state index contributed by atoms with van der Waals surface area (Å²) < 4.78 is 5.31. The third-order valence-corrected chi connectivity index (χ3v) is 4.16. The third kappa shape index (κ3) is 3.45. The highest BCUT2D eigenvalue weighted by atomic mass is 16.5. The Balaban J connectivity index is 2.01. The molecule has 1 atom stereocenters. The van der Waals surface area contributed by atoms with E-state index >= 15 is 0 Å². The van der Waals surface area contributed by atoms with Crippen LogP contribution >= 0.6 is 0 Å². The fourth-order valence-corrected chi connectivity index (χ4v) is 2.65. The SMILES string of the molecule is CCOC(=O)C1(NCC2CC2)CCCN(C)CC1. The van der Waals surface area contributed by atoms with Crippen molar-refractivity contribution in [2.24, 2.45) is 5.92 Å². The average Bonchev–Trinajstić information content (AvgIpc) is 3.16. The summed E-state index contributed by atoms with van der Waals surface area (Å²) in [6, 6.07) is 0. The molecule has 0 aromatic carbocycles. The van der Waals surface area contributed by atoms with Crippen LogP contribution in [0, 0.1) is 5.92 Å². The Bertz CT molecular complexity index is 292. The molecule has 2 aliphatic rings. The molecule has 0 radical (unpaired) electrons. The van der Waals surface area contributed by atoms with Gasteiger partial charge in [0.05, 0.1) is 6.61 Å². The second-order valence-electron chi connectivity index (χ2n) is 5.78. The highest BCUT2D eigenvalue weighted by Gasteiger charge is 2.41. The summed E-state index contributed by atoms with van der Waals surface area (Å²) in [5, 5.41) is 3.54. The van der Waals surface area contributed by atoms with E-state index in [0.717, 1.165) is 44.8 Å². The maximum Gasteiger partial charge on any atom is 0.326 e. The zero-order valence-corrected chi connectivity index (χ0v) is 11.7. The minimum Gasteiger partial charge on any atom is -0.465 e. The lowest BCUT2D eigenvalue weighted by Crippen LogP contribution is -2.54. The molecule has 18 heavy (non-hydrogen) atoms. The van der Waals surface area contributed by atoms with Gasteiger partial charge in [0.15, 0.2) is 0 Å². The molecule has 0 spiro atoms. The summed E-state index contributed by atoms with van der Waals surface area (Å²) in [7, 11) is 2.13. The molecule has 2 fully saturated rings. The lowest BCUT2D eigenvalue weighted by atomic mass is 9.90. The van der Waals surface area contributed by atoms with E-state index in [2.05, 4.69) is 17.3 Å². The first-order valence-corrected chi connectivity index (χ1v) is 7.27. The molecule has 0 bridgehead atoms. The Morgan fingerprint density at radius 2 is 2.17 bits per heavy atom. The van der Waals surface area contributed by atoms with Crippen molar-refractivity contribution in [2.45, 2.75) is 44.6 Å². The Kier molecular flexibility index (Phi) is 4.62. The molecular weight excluding hydrogens is 228 g/mol. The summed E-state index contributed by atoms with van der Waals surface area (Å²) in [6.07, 6.45) is 5.46. The molecule has 0 amide bonds. The first-order valence-electron chi connectivity index (χ1n) is 7.27. The molecule has 0 aromatic heterocycles. The highest BCUT2D eigenvalue weighted by molar-refractivity contribution is 5.81. The Morgan fingerprint density at radius 1 is 1.39 bits per heavy atom. The van der Waals surface area contributed by atoms with Crippen LogP contribution in [0.5, 0.6) is 0 Å². The second-order valence-corrected chi connectivity index (χ2v) is 5.78. The first kappa shape index (κ1) is 13.8. The van der Waals surface area contributed by atoms with Crippen molar-refractivity contribution >= 4 is 5.97 Å². The molecule has 2 rings (SSSR count). The fourth-order valence-electron chi connectivity index (χ4n) is 2.65. The van der Waals surface area contributed by atoms with E-state index < -0.39 is 5.54 Å². The van der Waals surface area contributed by atoms with E-state index in [1.54, 1.807) is 0 Å². The molecule has 1 heterocycles. The van der Waals surface area contributed by atoms with E-state index in [0.29, 0.717) is 6.61 Å². The minimum absolute atomic E-state index is 0.0408. The molecule has 0 aromatic rings. The quantitative estimate of drug-likeness (QED) is 0.753. The standard InChI is InChI=1S/C14H26N2O2/c1-3-18-13(17)14(15-11-12-5-6-12)7-4-9-16(2)10-8-14/h12,15H,3-11H2,1-2H3. The van der Waals surface area contributed by atoms with Gasteiger partial charge in [-0.2, -0.15) is 0 Å². The highest BCUT2D eigenvalue weighted by Crippen LogP contribution is 2.30. The molecular formula is C14H26N2O2. The maximum atomic E-state index is 12.3. The third-order valence-electron chi connectivity index (χ3n) is 4.16. The van der Waals surface area contributed by atoms with Crippen molar-refractivity contribution in [3.63, 3.8) is 0 Å². The van der Waals surface area contributed by atoms with Gasteiger partial charge in [-0.15, -0.1) is 0 Å². The van der Waals surface area contributed by atoms with Crippen LogP contribution in [-0.4, -0.2) is 49.7 Å². The predicted octanol–water partition coefficient (Wildman–Crippen LogP) is 1.40. The zero-order valence-electron chi connectivity index (χ0n) is 11.7. The monoisotopic (exact) mass is 254 g/mol. The molecule has 1 unspecified atom stereocenters. The smallest absolute Gasteiger partial charge is 0.326 e. The molecule has 104 valence electrons. The van der Waals surface area contributed by atoms with Gasteiger partial charge in [0, 0.05) is 6.54 Å². The van der Waals surface area contributed by atoms with Crippen molar-refractivity contribution in [1.82, 2.24) is 10.2 Å². The lowest BCUT2D eigenvalue weighted by Gasteiger charge is -2.31. The number of carbonyl (C=O) groups is 1. The molecule has 1 N–H and O–H groups in total. The topological polar surface area (TPSA) is 41.6 Å². The fraction of sp³-hybridized carbons (Fsp3) is 0.929. The van der Waals surface area contributed by atoms with E-state index in [4.69, 9.17) is 4.74 Å². The molecule has 1 aliphatic heterocycles. The van der Waals surface area contributed by atoms with Gasteiger partial charge in [0.2, 0.25) is 0 Å². The normalized spacial score (nSPS) is 29.9. The van der Waals surface area contributed by atoms with Crippen molar-refractivity contribution in [3.05, 3.63) is 0 Å². The van der Waals surface area contributed by atoms with Gasteiger partial charge in [-0.1, -0.05) is 0 Å². The number of hydrogen-bond acceptors (Lipinski definition) is 4. The van der Waals surface area contributed by atoms with Gasteiger partial charge in [0.25, 0.3) is 0 Å². The Hall–Kier alpha value is -0.610. The summed E-state index contributed by atoms with van der Waals surface area (Å²) in [5.41, 5.74) is -0.427. The van der Waals surface area contributed by atoms with Gasteiger partial charge >= 0.3 is 5.97 Å². The van der Waals surface area contributed by atoms with E-state index in [1.165, 1.54) is 12.8 Å². The van der Waals surface area contributed by atoms with Crippen LogP contribution in [0.25, 0.3) is 0 Å². The molecule has 4 heteroatoms. The van der Waals surface area contributed by atoms with Crippen molar-refractivity contribution in [3.8, 4) is 0 Å². The van der Waals surface area contributed by atoms with Gasteiger partial charge < -0.3 is 15.0 Å². The number of ether oxygens (including phenoxy) is 1. The number of nitrogens with one attached hydrogen (secondary N) is 1. The number of esters is 1. The van der Waals surface area contributed by atoms with Gasteiger partial charge in [-0.05, 0) is 65.1 Å².